The van der Waals surface area contributed by atoms with Gasteiger partial charge < -0.3 is 15.4 Å². The monoisotopic (exact) mass is 272 g/mol. The molecular formula is C12H17FN2O2S. The van der Waals surface area contributed by atoms with Crippen LogP contribution < -0.4 is 15.4 Å². The highest BCUT2D eigenvalue weighted by molar-refractivity contribution is 7.98. The first kappa shape index (κ1) is 14.6. The quantitative estimate of drug-likeness (QED) is 0.783. The second-order valence-electron chi connectivity index (χ2n) is 3.57. The van der Waals surface area contributed by atoms with Crippen molar-refractivity contribution < 1.29 is 13.9 Å². The van der Waals surface area contributed by atoms with Crippen LogP contribution in [0.1, 0.15) is 6.42 Å². The summed E-state index contributed by atoms with van der Waals surface area (Å²) in [6, 6.07) is 3.64. The predicted octanol–water partition coefficient (Wildman–Crippen LogP) is 2.71. The molecule has 2 amide bonds. The van der Waals surface area contributed by atoms with Crippen LogP contribution in [0.4, 0.5) is 14.9 Å². The average molecular weight is 272 g/mol. The zero-order valence-corrected chi connectivity index (χ0v) is 11.3. The van der Waals surface area contributed by atoms with Crippen LogP contribution in [0.2, 0.25) is 0 Å². The zero-order valence-electron chi connectivity index (χ0n) is 10.5. The van der Waals surface area contributed by atoms with Crippen LogP contribution in [0, 0.1) is 5.82 Å². The summed E-state index contributed by atoms with van der Waals surface area (Å²) in [6.45, 7) is 0.607. The molecule has 2 N–H and O–H groups in total. The zero-order chi connectivity index (χ0) is 13.4. The van der Waals surface area contributed by atoms with Crippen LogP contribution in [0.25, 0.3) is 0 Å². The number of carbonyl (C=O) groups is 1. The van der Waals surface area contributed by atoms with E-state index in [0.717, 1.165) is 12.2 Å². The third-order valence-electron chi connectivity index (χ3n) is 2.22. The standard InChI is InChI=1S/C12H17FN2O2S/c1-17-11-8-9(13)4-5-10(11)15-12(16)14-6-3-7-18-2/h4-5,8H,3,6-7H2,1-2H3,(H2,14,15,16). The van der Waals surface area contributed by atoms with Crippen LogP contribution in [-0.2, 0) is 0 Å². The maximum atomic E-state index is 12.9. The number of rotatable bonds is 6. The molecule has 1 aromatic rings. The van der Waals surface area contributed by atoms with Crippen molar-refractivity contribution in [3.05, 3.63) is 24.0 Å². The fourth-order valence-corrected chi connectivity index (χ4v) is 1.79. The number of nitrogens with one attached hydrogen (secondary N) is 2. The van der Waals surface area contributed by atoms with Gasteiger partial charge in [-0.3, -0.25) is 0 Å². The molecule has 0 bridgehead atoms. The van der Waals surface area contributed by atoms with Gasteiger partial charge in [-0.1, -0.05) is 0 Å². The minimum Gasteiger partial charge on any atom is -0.494 e. The third-order valence-corrected chi connectivity index (χ3v) is 2.92. The van der Waals surface area contributed by atoms with Gasteiger partial charge in [0.1, 0.15) is 11.6 Å². The number of hydrogen-bond donors (Lipinski definition) is 2. The van der Waals surface area contributed by atoms with Crippen LogP contribution in [0.5, 0.6) is 5.75 Å². The predicted molar refractivity (Wildman–Crippen MR) is 73.0 cm³/mol. The van der Waals surface area contributed by atoms with Crippen LogP contribution >= 0.6 is 11.8 Å². The first-order chi connectivity index (χ1) is 8.67. The molecule has 0 aliphatic heterocycles. The van der Waals surface area contributed by atoms with E-state index in [-0.39, 0.29) is 6.03 Å². The molecule has 4 nitrogen and oxygen atoms in total. The lowest BCUT2D eigenvalue weighted by Crippen LogP contribution is -2.29. The molecule has 0 fully saturated rings. The van der Waals surface area contributed by atoms with Gasteiger partial charge in [-0.2, -0.15) is 11.8 Å². The summed E-state index contributed by atoms with van der Waals surface area (Å²) < 4.78 is 17.9. The number of anilines is 1. The van der Waals surface area contributed by atoms with Gasteiger partial charge in [0.05, 0.1) is 12.8 Å². The summed E-state index contributed by atoms with van der Waals surface area (Å²) in [7, 11) is 1.43. The SMILES string of the molecule is COc1cc(F)ccc1NC(=O)NCCCSC. The Bertz CT molecular complexity index is 402. The molecule has 100 valence electrons. The number of amides is 2. The molecule has 6 heteroatoms. The number of thioether (sulfide) groups is 1. The summed E-state index contributed by atoms with van der Waals surface area (Å²) in [5.41, 5.74) is 0.446. The van der Waals surface area contributed by atoms with E-state index in [1.807, 2.05) is 6.26 Å². The van der Waals surface area contributed by atoms with E-state index >= 15 is 0 Å². The van der Waals surface area contributed by atoms with Gasteiger partial charge in [-0.15, -0.1) is 0 Å². The first-order valence-corrected chi connectivity index (χ1v) is 6.94. The Morgan fingerprint density at radius 1 is 1.50 bits per heavy atom. The number of carbonyl (C=O) groups excluding carboxylic acids is 1. The van der Waals surface area contributed by atoms with Gasteiger partial charge in [0.15, 0.2) is 0 Å². The van der Waals surface area contributed by atoms with Crippen LogP contribution in [-0.4, -0.2) is 31.7 Å². The summed E-state index contributed by atoms with van der Waals surface area (Å²) in [5, 5.41) is 5.34. The van der Waals surface area contributed by atoms with Crippen LogP contribution in [0.3, 0.4) is 0 Å². The van der Waals surface area contributed by atoms with Crippen molar-refractivity contribution in [2.45, 2.75) is 6.42 Å². The summed E-state index contributed by atoms with van der Waals surface area (Å²) in [4.78, 5) is 11.6. The van der Waals surface area contributed by atoms with Crippen molar-refractivity contribution in [2.24, 2.45) is 0 Å². The van der Waals surface area contributed by atoms with Crippen molar-refractivity contribution >= 4 is 23.5 Å². The summed E-state index contributed by atoms with van der Waals surface area (Å²) >= 11 is 1.73. The molecule has 0 aromatic heterocycles. The number of halogens is 1. The van der Waals surface area contributed by atoms with Crippen molar-refractivity contribution in [1.82, 2.24) is 5.32 Å². The molecule has 0 saturated heterocycles. The highest BCUT2D eigenvalue weighted by Crippen LogP contribution is 2.24. The van der Waals surface area contributed by atoms with E-state index in [9.17, 15) is 9.18 Å². The second kappa shape index (κ2) is 7.81. The fraction of sp³-hybridized carbons (Fsp3) is 0.417. The lowest BCUT2D eigenvalue weighted by atomic mass is 10.3. The summed E-state index contributed by atoms with van der Waals surface area (Å²) in [5.74, 6) is 0.896. The fourth-order valence-electron chi connectivity index (χ4n) is 1.35. The Labute approximate surface area is 110 Å². The van der Waals surface area contributed by atoms with E-state index in [1.54, 1.807) is 11.8 Å². The van der Waals surface area contributed by atoms with Gasteiger partial charge in [0.2, 0.25) is 0 Å². The number of benzene rings is 1. The lowest BCUT2D eigenvalue weighted by Gasteiger charge is -2.11. The Morgan fingerprint density at radius 2 is 2.28 bits per heavy atom. The van der Waals surface area contributed by atoms with Crippen molar-refractivity contribution in [2.75, 3.05) is 31.0 Å². The lowest BCUT2D eigenvalue weighted by molar-refractivity contribution is 0.252. The molecule has 18 heavy (non-hydrogen) atoms. The molecule has 1 aromatic carbocycles. The van der Waals surface area contributed by atoms with E-state index in [4.69, 9.17) is 4.74 Å². The van der Waals surface area contributed by atoms with E-state index < -0.39 is 5.82 Å². The molecule has 0 aliphatic carbocycles. The van der Waals surface area contributed by atoms with E-state index in [2.05, 4.69) is 10.6 Å². The largest absolute Gasteiger partial charge is 0.494 e. The molecule has 0 heterocycles. The first-order valence-electron chi connectivity index (χ1n) is 5.54. The molecule has 0 atom stereocenters. The van der Waals surface area contributed by atoms with Crippen molar-refractivity contribution in [3.8, 4) is 5.75 Å². The topological polar surface area (TPSA) is 50.4 Å². The number of methoxy groups -OCH3 is 1. The smallest absolute Gasteiger partial charge is 0.319 e. The van der Waals surface area contributed by atoms with Crippen molar-refractivity contribution in [1.29, 1.82) is 0 Å². The van der Waals surface area contributed by atoms with Gasteiger partial charge in [-0.25, -0.2) is 9.18 Å². The van der Waals surface area contributed by atoms with Gasteiger partial charge in [-0.05, 0) is 30.6 Å². The molecule has 0 saturated carbocycles. The van der Waals surface area contributed by atoms with Gasteiger partial charge in [0.25, 0.3) is 0 Å². The summed E-state index contributed by atoms with van der Waals surface area (Å²) in [6.07, 6.45) is 2.93. The Kier molecular flexibility index (Phi) is 6.35. The number of hydrogen-bond acceptors (Lipinski definition) is 3. The Hall–Kier alpha value is -1.43. The normalized spacial score (nSPS) is 9.94. The maximum absolute atomic E-state index is 12.9. The minimum absolute atomic E-state index is 0.300. The van der Waals surface area contributed by atoms with Crippen LogP contribution in [0.15, 0.2) is 18.2 Å². The average Bonchev–Trinajstić information content (AvgIpc) is 2.37. The third kappa shape index (κ3) is 4.83. The van der Waals surface area contributed by atoms with Crippen molar-refractivity contribution in [3.63, 3.8) is 0 Å². The van der Waals surface area contributed by atoms with Gasteiger partial charge in [0, 0.05) is 12.6 Å². The molecular weight excluding hydrogens is 255 g/mol. The maximum Gasteiger partial charge on any atom is 0.319 e. The number of urea groups is 1. The molecule has 0 radical (unpaired) electrons. The molecule has 0 aliphatic rings. The number of ether oxygens (including phenoxy) is 1. The van der Waals surface area contributed by atoms with E-state index in [1.165, 1.54) is 25.3 Å². The Balaban J connectivity index is 2.48. The Morgan fingerprint density at radius 3 is 2.94 bits per heavy atom. The second-order valence-corrected chi connectivity index (χ2v) is 4.56. The minimum atomic E-state index is -0.405. The highest BCUT2D eigenvalue weighted by atomic mass is 32.2. The van der Waals surface area contributed by atoms with E-state index in [0.29, 0.717) is 18.0 Å². The van der Waals surface area contributed by atoms with Gasteiger partial charge >= 0.3 is 6.03 Å². The highest BCUT2D eigenvalue weighted by Gasteiger charge is 2.07. The molecule has 0 spiro atoms. The molecule has 0 unspecified atom stereocenters. The molecule has 1 rings (SSSR count).